The Labute approximate surface area is 83.5 Å². The van der Waals surface area contributed by atoms with E-state index in [2.05, 4.69) is 10.3 Å². The van der Waals surface area contributed by atoms with Gasteiger partial charge in [-0.1, -0.05) is 30.3 Å². The maximum Gasteiger partial charge on any atom is 0.136 e. The second-order valence-electron chi connectivity index (χ2n) is 3.36. The fourth-order valence-electron chi connectivity index (χ4n) is 1.53. The van der Waals surface area contributed by atoms with E-state index in [1.54, 1.807) is 0 Å². The summed E-state index contributed by atoms with van der Waals surface area (Å²) in [7, 11) is 0. The number of aliphatic hydroxyl groups excluding tert-OH is 1. The maximum absolute atomic E-state index is 9.95. The Balaban J connectivity index is 2.15. The Morgan fingerprint density at radius 2 is 2.07 bits per heavy atom. The van der Waals surface area contributed by atoms with Crippen LogP contribution in [0.4, 0.5) is 0 Å². The maximum atomic E-state index is 9.95. The molecule has 1 atom stereocenters. The van der Waals surface area contributed by atoms with Gasteiger partial charge in [-0.2, -0.15) is 0 Å². The number of amidine groups is 1. The number of aliphatic hydroxyl groups is 1. The fourth-order valence-corrected chi connectivity index (χ4v) is 1.53. The Bertz CT molecular complexity index is 321. The summed E-state index contributed by atoms with van der Waals surface area (Å²) in [6.07, 6.45) is 0.446. The van der Waals surface area contributed by atoms with Crippen LogP contribution in [0.25, 0.3) is 0 Å². The minimum absolute atomic E-state index is 0.600. The molecule has 1 unspecified atom stereocenters. The third-order valence-corrected chi connectivity index (χ3v) is 2.30. The van der Waals surface area contributed by atoms with Gasteiger partial charge in [-0.25, -0.2) is 0 Å². The van der Waals surface area contributed by atoms with E-state index in [0.29, 0.717) is 5.84 Å². The van der Waals surface area contributed by atoms with Gasteiger partial charge in [0.15, 0.2) is 0 Å². The van der Waals surface area contributed by atoms with Crippen molar-refractivity contribution in [2.24, 2.45) is 4.99 Å². The molecule has 0 amide bonds. The summed E-state index contributed by atoms with van der Waals surface area (Å²) in [5.74, 6) is 0.697. The van der Waals surface area contributed by atoms with E-state index in [4.69, 9.17) is 0 Å². The Morgan fingerprint density at radius 1 is 1.29 bits per heavy atom. The number of hydrogen-bond acceptors (Lipinski definition) is 3. The topological polar surface area (TPSA) is 44.6 Å². The summed E-state index contributed by atoms with van der Waals surface area (Å²) < 4.78 is 0. The molecule has 0 aliphatic carbocycles. The van der Waals surface area contributed by atoms with E-state index in [0.717, 1.165) is 25.1 Å². The SMILES string of the molecule is OC(C1=NCCCN1)c1ccccc1. The molecular formula is C11H14N2O. The molecule has 0 spiro atoms. The highest BCUT2D eigenvalue weighted by Crippen LogP contribution is 2.14. The molecule has 1 aliphatic rings. The number of benzene rings is 1. The summed E-state index contributed by atoms with van der Waals surface area (Å²) in [6, 6.07) is 9.59. The number of hydrogen-bond donors (Lipinski definition) is 2. The molecule has 0 bridgehead atoms. The smallest absolute Gasteiger partial charge is 0.136 e. The van der Waals surface area contributed by atoms with E-state index in [1.165, 1.54) is 0 Å². The predicted octanol–water partition coefficient (Wildman–Crippen LogP) is 1.11. The van der Waals surface area contributed by atoms with Gasteiger partial charge in [0.25, 0.3) is 0 Å². The number of rotatable bonds is 2. The minimum Gasteiger partial charge on any atom is -0.380 e. The third-order valence-electron chi connectivity index (χ3n) is 2.30. The molecule has 0 saturated heterocycles. The molecule has 3 heteroatoms. The van der Waals surface area contributed by atoms with Gasteiger partial charge in [-0.05, 0) is 12.0 Å². The molecule has 3 nitrogen and oxygen atoms in total. The largest absolute Gasteiger partial charge is 0.380 e. The van der Waals surface area contributed by atoms with Crippen molar-refractivity contribution in [1.82, 2.24) is 5.32 Å². The van der Waals surface area contributed by atoms with Crippen LogP contribution in [-0.2, 0) is 0 Å². The zero-order valence-corrected chi connectivity index (χ0v) is 7.98. The van der Waals surface area contributed by atoms with Gasteiger partial charge in [0.2, 0.25) is 0 Å². The highest BCUT2D eigenvalue weighted by molar-refractivity contribution is 5.87. The molecule has 1 heterocycles. The van der Waals surface area contributed by atoms with Gasteiger partial charge in [-0.3, -0.25) is 4.99 Å². The lowest BCUT2D eigenvalue weighted by molar-refractivity contribution is 0.241. The zero-order chi connectivity index (χ0) is 9.80. The molecule has 0 aromatic heterocycles. The summed E-state index contributed by atoms with van der Waals surface area (Å²) in [5, 5.41) is 13.1. The van der Waals surface area contributed by atoms with Gasteiger partial charge in [0.05, 0.1) is 0 Å². The number of nitrogens with one attached hydrogen (secondary N) is 1. The van der Waals surface area contributed by atoms with Crippen molar-refractivity contribution in [2.45, 2.75) is 12.5 Å². The van der Waals surface area contributed by atoms with Crippen LogP contribution in [0.2, 0.25) is 0 Å². The summed E-state index contributed by atoms with van der Waals surface area (Å²) in [6.45, 7) is 1.72. The average Bonchev–Trinajstić information content (AvgIpc) is 2.30. The first kappa shape index (κ1) is 9.21. The van der Waals surface area contributed by atoms with Crippen molar-refractivity contribution in [1.29, 1.82) is 0 Å². The highest BCUT2D eigenvalue weighted by atomic mass is 16.3. The van der Waals surface area contributed by atoms with Crippen LogP contribution in [0.3, 0.4) is 0 Å². The van der Waals surface area contributed by atoms with E-state index in [1.807, 2.05) is 30.3 Å². The molecule has 74 valence electrons. The lowest BCUT2D eigenvalue weighted by Gasteiger charge is -2.19. The average molecular weight is 190 g/mol. The van der Waals surface area contributed by atoms with E-state index >= 15 is 0 Å². The lowest BCUT2D eigenvalue weighted by atomic mass is 10.1. The minimum atomic E-state index is -0.600. The Hall–Kier alpha value is -1.35. The van der Waals surface area contributed by atoms with Crippen LogP contribution in [0.5, 0.6) is 0 Å². The van der Waals surface area contributed by atoms with Crippen molar-refractivity contribution in [3.05, 3.63) is 35.9 Å². The second kappa shape index (κ2) is 4.24. The van der Waals surface area contributed by atoms with E-state index < -0.39 is 6.10 Å². The van der Waals surface area contributed by atoms with Crippen molar-refractivity contribution < 1.29 is 5.11 Å². The van der Waals surface area contributed by atoms with Crippen LogP contribution in [0, 0.1) is 0 Å². The molecular weight excluding hydrogens is 176 g/mol. The van der Waals surface area contributed by atoms with Crippen molar-refractivity contribution in [2.75, 3.05) is 13.1 Å². The molecule has 2 rings (SSSR count). The van der Waals surface area contributed by atoms with Crippen LogP contribution in [0.15, 0.2) is 35.3 Å². The highest BCUT2D eigenvalue weighted by Gasteiger charge is 2.15. The second-order valence-corrected chi connectivity index (χ2v) is 3.36. The molecule has 0 saturated carbocycles. The molecule has 0 fully saturated rings. The molecule has 1 aromatic carbocycles. The quantitative estimate of drug-likeness (QED) is 0.733. The van der Waals surface area contributed by atoms with Crippen molar-refractivity contribution >= 4 is 5.84 Å². The van der Waals surface area contributed by atoms with Crippen LogP contribution < -0.4 is 5.32 Å². The van der Waals surface area contributed by atoms with Gasteiger partial charge in [0, 0.05) is 13.1 Å². The van der Waals surface area contributed by atoms with Gasteiger partial charge in [0.1, 0.15) is 11.9 Å². The van der Waals surface area contributed by atoms with Gasteiger partial charge in [-0.15, -0.1) is 0 Å². The fraction of sp³-hybridized carbons (Fsp3) is 0.364. The normalized spacial score (nSPS) is 18.2. The number of aliphatic imine (C=N–C) groups is 1. The summed E-state index contributed by atoms with van der Waals surface area (Å²) >= 11 is 0. The first-order valence-corrected chi connectivity index (χ1v) is 4.89. The predicted molar refractivity (Wildman–Crippen MR) is 56.3 cm³/mol. The van der Waals surface area contributed by atoms with Crippen LogP contribution >= 0.6 is 0 Å². The monoisotopic (exact) mass is 190 g/mol. The zero-order valence-electron chi connectivity index (χ0n) is 7.98. The molecule has 0 radical (unpaired) electrons. The third kappa shape index (κ3) is 1.93. The number of nitrogens with zero attached hydrogens (tertiary/aromatic N) is 1. The van der Waals surface area contributed by atoms with Gasteiger partial charge < -0.3 is 10.4 Å². The first-order chi connectivity index (χ1) is 6.88. The molecule has 2 N–H and O–H groups in total. The molecule has 1 aromatic rings. The van der Waals surface area contributed by atoms with Crippen molar-refractivity contribution in [3.63, 3.8) is 0 Å². The standard InChI is InChI=1S/C11H14N2O/c14-10(9-5-2-1-3-6-9)11-12-7-4-8-13-11/h1-3,5-6,10,14H,4,7-8H2,(H,12,13). The first-order valence-electron chi connectivity index (χ1n) is 4.89. The Kier molecular flexibility index (Phi) is 2.79. The lowest BCUT2D eigenvalue weighted by Crippen LogP contribution is -2.34. The van der Waals surface area contributed by atoms with Crippen molar-refractivity contribution in [3.8, 4) is 0 Å². The summed E-state index contributed by atoms with van der Waals surface area (Å²) in [5.41, 5.74) is 0.889. The van der Waals surface area contributed by atoms with E-state index in [9.17, 15) is 5.11 Å². The summed E-state index contributed by atoms with van der Waals surface area (Å²) in [4.78, 5) is 4.26. The van der Waals surface area contributed by atoms with Gasteiger partial charge >= 0.3 is 0 Å². The van der Waals surface area contributed by atoms with E-state index in [-0.39, 0.29) is 0 Å². The molecule has 14 heavy (non-hydrogen) atoms. The van der Waals surface area contributed by atoms with Crippen LogP contribution in [-0.4, -0.2) is 24.0 Å². The van der Waals surface area contributed by atoms with Crippen LogP contribution in [0.1, 0.15) is 18.1 Å². The Morgan fingerprint density at radius 3 is 2.71 bits per heavy atom. The molecule has 1 aliphatic heterocycles.